The average Bonchev–Trinajstić information content (AvgIpc) is 2.99. The number of hydrogen-bond acceptors (Lipinski definition) is 3. The highest BCUT2D eigenvalue weighted by atomic mass is 16.2. The molecule has 1 N–H and O–H groups in total. The lowest BCUT2D eigenvalue weighted by molar-refractivity contribution is 0.0924. The van der Waals surface area contributed by atoms with Gasteiger partial charge in [-0.15, -0.1) is 0 Å². The smallest absolute Gasteiger partial charge is 0.266 e. The van der Waals surface area contributed by atoms with Crippen molar-refractivity contribution in [3.63, 3.8) is 0 Å². The molecule has 144 valence electrons. The summed E-state index contributed by atoms with van der Waals surface area (Å²) in [7, 11) is 1.52. The number of anilines is 1. The molecular weight excluding hydrogens is 364 g/mol. The summed E-state index contributed by atoms with van der Waals surface area (Å²) in [6, 6.07) is 11.9. The highest BCUT2D eigenvalue weighted by molar-refractivity contribution is 6.34. The van der Waals surface area contributed by atoms with Crippen molar-refractivity contribution < 1.29 is 14.4 Å². The molecule has 0 atom stereocenters. The molecule has 29 heavy (non-hydrogen) atoms. The van der Waals surface area contributed by atoms with Crippen molar-refractivity contribution >= 4 is 29.5 Å². The topological polar surface area (TPSA) is 66.5 Å². The van der Waals surface area contributed by atoms with Crippen molar-refractivity contribution in [1.82, 2.24) is 5.32 Å². The predicted molar refractivity (Wildman–Crippen MR) is 113 cm³/mol. The number of nitrogens with one attached hydrogen (secondary N) is 1. The molecule has 5 nitrogen and oxygen atoms in total. The molecule has 0 bridgehead atoms. The quantitative estimate of drug-likeness (QED) is 0.809. The van der Waals surface area contributed by atoms with E-state index in [1.54, 1.807) is 18.2 Å². The maximum absolute atomic E-state index is 12.8. The molecule has 0 fully saturated rings. The van der Waals surface area contributed by atoms with Crippen LogP contribution in [-0.2, 0) is 0 Å². The number of carbonyl (C=O) groups excluding carboxylic acids is 3. The second-order valence-corrected chi connectivity index (χ2v) is 7.08. The third kappa shape index (κ3) is 3.43. The lowest BCUT2D eigenvalue weighted by Gasteiger charge is -2.14. The fourth-order valence-corrected chi connectivity index (χ4v) is 3.46. The van der Waals surface area contributed by atoms with Crippen LogP contribution in [0.5, 0.6) is 0 Å². The van der Waals surface area contributed by atoms with Crippen molar-refractivity contribution in [2.45, 2.75) is 13.3 Å². The van der Waals surface area contributed by atoms with Crippen LogP contribution >= 0.6 is 0 Å². The van der Waals surface area contributed by atoms with Crippen LogP contribution in [-0.4, -0.2) is 24.8 Å². The van der Waals surface area contributed by atoms with E-state index < -0.39 is 5.91 Å². The van der Waals surface area contributed by atoms with Gasteiger partial charge in [0.05, 0.1) is 16.8 Å². The van der Waals surface area contributed by atoms with Crippen molar-refractivity contribution in [2.75, 3.05) is 11.9 Å². The van der Waals surface area contributed by atoms with Crippen molar-refractivity contribution in [3.05, 3.63) is 94.1 Å². The molecule has 0 spiro atoms. The molecule has 2 aromatic carbocycles. The molecule has 0 saturated carbocycles. The van der Waals surface area contributed by atoms with E-state index in [9.17, 15) is 14.4 Å². The van der Waals surface area contributed by atoms with E-state index in [1.807, 2.05) is 12.1 Å². The van der Waals surface area contributed by atoms with Gasteiger partial charge in [-0.3, -0.25) is 14.4 Å². The Morgan fingerprint density at radius 3 is 2.38 bits per heavy atom. The van der Waals surface area contributed by atoms with Gasteiger partial charge >= 0.3 is 0 Å². The molecule has 1 heterocycles. The molecule has 0 unspecified atom stereocenters. The summed E-state index contributed by atoms with van der Waals surface area (Å²) < 4.78 is 0. The number of fused-ring (bicyclic) bond motifs is 1. The van der Waals surface area contributed by atoms with Gasteiger partial charge in [0.2, 0.25) is 0 Å². The average molecular weight is 384 g/mol. The Morgan fingerprint density at radius 1 is 1.00 bits per heavy atom. The standard InChI is InChI=1S/C24H20N2O3/c1-15-3-5-16(6-4-15)13-17-7-10-19(11-8-17)26-23(28)20-12-9-18(22(27)25-2)14-21(20)24(26)29/h3-5,7-14H,6H2,1-2H3,(H,25,27)/b16-13-. The number of amides is 3. The Hall–Kier alpha value is -3.73. The molecule has 3 amide bonds. The van der Waals surface area contributed by atoms with Gasteiger partial charge < -0.3 is 5.32 Å². The maximum Gasteiger partial charge on any atom is 0.266 e. The summed E-state index contributed by atoms with van der Waals surface area (Å²) >= 11 is 0. The van der Waals surface area contributed by atoms with Crippen molar-refractivity contribution in [2.24, 2.45) is 0 Å². The minimum absolute atomic E-state index is 0.247. The van der Waals surface area contributed by atoms with Gasteiger partial charge in [-0.1, -0.05) is 42.0 Å². The maximum atomic E-state index is 12.8. The molecule has 0 saturated heterocycles. The second-order valence-electron chi connectivity index (χ2n) is 7.08. The van der Waals surface area contributed by atoms with Gasteiger partial charge in [-0.05, 0) is 54.8 Å². The third-order valence-corrected chi connectivity index (χ3v) is 5.10. The first kappa shape index (κ1) is 18.6. The van der Waals surface area contributed by atoms with E-state index in [4.69, 9.17) is 0 Å². The minimum atomic E-state index is -0.419. The summed E-state index contributed by atoms with van der Waals surface area (Å²) in [6.45, 7) is 2.07. The lowest BCUT2D eigenvalue weighted by Crippen LogP contribution is -2.29. The number of imide groups is 1. The van der Waals surface area contributed by atoms with Crippen molar-refractivity contribution in [1.29, 1.82) is 0 Å². The summed E-state index contributed by atoms with van der Waals surface area (Å²) in [5, 5.41) is 2.52. The Balaban J connectivity index is 1.59. The minimum Gasteiger partial charge on any atom is -0.355 e. The zero-order valence-corrected chi connectivity index (χ0v) is 16.2. The van der Waals surface area contributed by atoms with Gasteiger partial charge in [0.15, 0.2) is 0 Å². The van der Waals surface area contributed by atoms with Crippen LogP contribution in [0.15, 0.2) is 71.8 Å². The number of benzene rings is 2. The van der Waals surface area contributed by atoms with E-state index >= 15 is 0 Å². The predicted octanol–water partition coefficient (Wildman–Crippen LogP) is 4.14. The lowest BCUT2D eigenvalue weighted by atomic mass is 10.0. The largest absolute Gasteiger partial charge is 0.355 e. The molecule has 1 aliphatic heterocycles. The van der Waals surface area contributed by atoms with Crippen LogP contribution in [0.4, 0.5) is 5.69 Å². The number of nitrogens with zero attached hydrogens (tertiary/aromatic N) is 1. The fraction of sp³-hybridized carbons (Fsp3) is 0.125. The van der Waals surface area contributed by atoms with Crippen molar-refractivity contribution in [3.8, 4) is 0 Å². The first-order chi connectivity index (χ1) is 14.0. The van der Waals surface area contributed by atoms with E-state index in [2.05, 4.69) is 36.5 Å². The van der Waals surface area contributed by atoms with E-state index in [-0.39, 0.29) is 17.4 Å². The SMILES string of the molecule is CNC(=O)c1ccc2c(c1)C(=O)N(c1ccc(/C=C3/C=CC(C)=CC3)cc1)C2=O. The van der Waals surface area contributed by atoms with Crippen LogP contribution in [0, 0.1) is 0 Å². The molecule has 0 aromatic heterocycles. The molecule has 2 aromatic rings. The summed E-state index contributed by atoms with van der Waals surface area (Å²) in [6.07, 6.45) is 9.32. The summed E-state index contributed by atoms with van der Waals surface area (Å²) in [5.41, 5.74) is 4.87. The number of carbonyl (C=O) groups is 3. The van der Waals surface area contributed by atoms with Crippen LogP contribution in [0.2, 0.25) is 0 Å². The summed E-state index contributed by atoms with van der Waals surface area (Å²) in [4.78, 5) is 38.6. The Morgan fingerprint density at radius 2 is 1.72 bits per heavy atom. The first-order valence-corrected chi connectivity index (χ1v) is 9.38. The van der Waals surface area contributed by atoms with Gasteiger partial charge in [0, 0.05) is 12.6 Å². The second kappa shape index (κ2) is 7.36. The Labute approximate surface area is 169 Å². The number of hydrogen-bond donors (Lipinski definition) is 1. The van der Waals surface area contributed by atoms with E-state index in [1.165, 1.54) is 30.3 Å². The normalized spacial score (nSPS) is 16.8. The van der Waals surface area contributed by atoms with Gasteiger partial charge in [0.25, 0.3) is 17.7 Å². The zero-order chi connectivity index (χ0) is 20.5. The number of allylic oxidation sites excluding steroid dienone is 5. The van der Waals surface area contributed by atoms with Crippen LogP contribution in [0.3, 0.4) is 0 Å². The third-order valence-electron chi connectivity index (χ3n) is 5.10. The molecule has 4 rings (SSSR count). The van der Waals surface area contributed by atoms with E-state index in [0.717, 1.165) is 16.9 Å². The van der Waals surface area contributed by atoms with Crippen LogP contribution in [0.1, 0.15) is 50.0 Å². The molecular formula is C24H20N2O3. The van der Waals surface area contributed by atoms with Crippen LogP contribution in [0.25, 0.3) is 6.08 Å². The summed E-state index contributed by atoms with van der Waals surface area (Å²) in [5.74, 6) is -1.10. The number of rotatable bonds is 3. The molecule has 2 aliphatic rings. The fourth-order valence-electron chi connectivity index (χ4n) is 3.46. The zero-order valence-electron chi connectivity index (χ0n) is 16.2. The van der Waals surface area contributed by atoms with Gasteiger partial charge in [0.1, 0.15) is 0 Å². The van der Waals surface area contributed by atoms with Crippen LogP contribution < -0.4 is 10.2 Å². The highest BCUT2D eigenvalue weighted by Gasteiger charge is 2.37. The molecule has 1 aliphatic carbocycles. The van der Waals surface area contributed by atoms with Gasteiger partial charge in [-0.25, -0.2) is 4.90 Å². The molecule has 0 radical (unpaired) electrons. The Bertz CT molecular complexity index is 1120. The highest BCUT2D eigenvalue weighted by Crippen LogP contribution is 2.30. The van der Waals surface area contributed by atoms with Gasteiger partial charge in [-0.2, -0.15) is 0 Å². The monoisotopic (exact) mass is 384 g/mol. The van der Waals surface area contributed by atoms with E-state index in [0.29, 0.717) is 16.8 Å². The molecule has 5 heteroatoms. The first-order valence-electron chi connectivity index (χ1n) is 9.38. The Kier molecular flexibility index (Phi) is 4.72.